The molecule has 30 heavy (non-hydrogen) atoms. The Hall–Kier alpha value is -1.79. The van der Waals surface area contributed by atoms with Crippen LogP contribution in [0, 0.1) is 5.92 Å². The maximum absolute atomic E-state index is 12.9. The SMILES string of the molecule is CCOc1cc(C2CCNCC2)ccc1C(=O)NC1CCC(CCC(=O)O)CC1.Cl. The Morgan fingerprint density at radius 2 is 1.83 bits per heavy atom. The van der Waals surface area contributed by atoms with Gasteiger partial charge < -0.3 is 20.5 Å². The van der Waals surface area contributed by atoms with Crippen LogP contribution in [0.1, 0.15) is 80.1 Å². The molecule has 1 aliphatic heterocycles. The zero-order valence-electron chi connectivity index (χ0n) is 17.8. The number of rotatable bonds is 8. The van der Waals surface area contributed by atoms with E-state index in [1.165, 1.54) is 5.56 Å². The third-order valence-corrected chi connectivity index (χ3v) is 6.31. The standard InChI is InChI=1S/C23H34N2O4.ClH/c1-2-29-21-15-18(17-11-13-24-14-12-17)6-9-20(21)23(28)25-19-7-3-16(4-8-19)5-10-22(26)27;/h6,9,15-17,19,24H,2-5,7-8,10-14H2,1H3,(H,25,28)(H,26,27);1H. The van der Waals surface area contributed by atoms with Gasteiger partial charge in [-0.15, -0.1) is 12.4 Å². The summed E-state index contributed by atoms with van der Waals surface area (Å²) in [5.74, 6) is 0.864. The Morgan fingerprint density at radius 3 is 2.47 bits per heavy atom. The molecule has 7 heteroatoms. The molecule has 0 bridgehead atoms. The van der Waals surface area contributed by atoms with Gasteiger partial charge in [-0.1, -0.05) is 6.07 Å². The number of piperidine rings is 1. The number of carbonyl (C=O) groups excluding carboxylic acids is 1. The number of nitrogens with one attached hydrogen (secondary N) is 2. The average Bonchev–Trinajstić information content (AvgIpc) is 2.74. The van der Waals surface area contributed by atoms with E-state index in [4.69, 9.17) is 9.84 Å². The Bertz CT molecular complexity index is 698. The summed E-state index contributed by atoms with van der Waals surface area (Å²) in [7, 11) is 0. The van der Waals surface area contributed by atoms with E-state index in [1.807, 2.05) is 13.0 Å². The van der Waals surface area contributed by atoms with Crippen molar-refractivity contribution in [2.75, 3.05) is 19.7 Å². The molecule has 0 atom stereocenters. The third kappa shape index (κ3) is 6.88. The fraction of sp³-hybridized carbons (Fsp3) is 0.652. The van der Waals surface area contributed by atoms with Crippen LogP contribution in [-0.2, 0) is 4.79 Å². The normalized spacial score (nSPS) is 22.0. The molecule has 2 aliphatic rings. The molecule has 6 nitrogen and oxygen atoms in total. The molecule has 0 aromatic heterocycles. The van der Waals surface area contributed by atoms with E-state index in [1.54, 1.807) is 0 Å². The van der Waals surface area contributed by atoms with Gasteiger partial charge in [0.2, 0.25) is 0 Å². The lowest BCUT2D eigenvalue weighted by Crippen LogP contribution is -2.38. The minimum Gasteiger partial charge on any atom is -0.493 e. The van der Waals surface area contributed by atoms with Gasteiger partial charge >= 0.3 is 5.97 Å². The molecule has 1 heterocycles. The van der Waals surface area contributed by atoms with Gasteiger partial charge in [0.1, 0.15) is 5.75 Å². The summed E-state index contributed by atoms with van der Waals surface area (Å²) in [6.07, 6.45) is 6.98. The fourth-order valence-electron chi connectivity index (χ4n) is 4.60. The van der Waals surface area contributed by atoms with Gasteiger partial charge in [0.25, 0.3) is 5.91 Å². The van der Waals surface area contributed by atoms with Crippen LogP contribution in [0.15, 0.2) is 18.2 Å². The smallest absolute Gasteiger partial charge is 0.303 e. The molecule has 168 valence electrons. The van der Waals surface area contributed by atoms with Gasteiger partial charge in [0.15, 0.2) is 0 Å². The number of hydrogen-bond donors (Lipinski definition) is 3. The highest BCUT2D eigenvalue weighted by atomic mass is 35.5. The number of hydrogen-bond acceptors (Lipinski definition) is 4. The molecule has 1 aromatic carbocycles. The molecule has 0 spiro atoms. The highest BCUT2D eigenvalue weighted by Gasteiger charge is 2.25. The second-order valence-corrected chi connectivity index (χ2v) is 8.34. The van der Waals surface area contributed by atoms with Gasteiger partial charge in [-0.3, -0.25) is 9.59 Å². The molecular weight excluding hydrogens is 404 g/mol. The maximum atomic E-state index is 12.9. The van der Waals surface area contributed by atoms with Crippen LogP contribution in [0.2, 0.25) is 0 Å². The number of carboxylic acids is 1. The highest BCUT2D eigenvalue weighted by Crippen LogP contribution is 2.31. The lowest BCUT2D eigenvalue weighted by molar-refractivity contribution is -0.137. The molecule has 2 fully saturated rings. The number of amides is 1. The summed E-state index contributed by atoms with van der Waals surface area (Å²) in [4.78, 5) is 23.7. The van der Waals surface area contributed by atoms with E-state index < -0.39 is 5.97 Å². The number of halogens is 1. The maximum Gasteiger partial charge on any atom is 0.303 e. The van der Waals surface area contributed by atoms with Crippen LogP contribution in [0.25, 0.3) is 0 Å². The van der Waals surface area contributed by atoms with Crippen molar-refractivity contribution in [3.63, 3.8) is 0 Å². The topological polar surface area (TPSA) is 87.7 Å². The van der Waals surface area contributed by atoms with Gasteiger partial charge in [-0.05, 0) is 94.5 Å². The molecule has 1 amide bonds. The van der Waals surface area contributed by atoms with Gasteiger partial charge in [-0.2, -0.15) is 0 Å². The van der Waals surface area contributed by atoms with Crippen molar-refractivity contribution in [1.82, 2.24) is 10.6 Å². The van der Waals surface area contributed by atoms with Crippen molar-refractivity contribution in [2.45, 2.75) is 70.3 Å². The van der Waals surface area contributed by atoms with Gasteiger partial charge in [0.05, 0.1) is 12.2 Å². The molecule has 0 unspecified atom stereocenters. The minimum atomic E-state index is -0.725. The molecular formula is C23H35ClN2O4. The lowest BCUT2D eigenvalue weighted by atomic mass is 9.83. The van der Waals surface area contributed by atoms with Gasteiger partial charge in [0, 0.05) is 12.5 Å². The summed E-state index contributed by atoms with van der Waals surface area (Å²) >= 11 is 0. The van der Waals surface area contributed by atoms with Crippen LogP contribution in [0.4, 0.5) is 0 Å². The predicted octanol–water partition coefficient (Wildman–Crippen LogP) is 4.13. The molecule has 1 aliphatic carbocycles. The molecule has 3 rings (SSSR count). The highest BCUT2D eigenvalue weighted by molar-refractivity contribution is 5.97. The summed E-state index contributed by atoms with van der Waals surface area (Å²) in [6.45, 7) is 4.54. The number of carboxylic acid groups (broad SMARTS) is 1. The van der Waals surface area contributed by atoms with Crippen LogP contribution < -0.4 is 15.4 Å². The third-order valence-electron chi connectivity index (χ3n) is 6.31. The van der Waals surface area contributed by atoms with Crippen molar-refractivity contribution in [3.05, 3.63) is 29.3 Å². The summed E-state index contributed by atoms with van der Waals surface area (Å²) in [5, 5.41) is 15.4. The Balaban J connectivity index is 0.00000320. The van der Waals surface area contributed by atoms with Crippen molar-refractivity contribution in [2.24, 2.45) is 5.92 Å². The van der Waals surface area contributed by atoms with E-state index in [2.05, 4.69) is 22.8 Å². The Morgan fingerprint density at radius 1 is 1.13 bits per heavy atom. The molecule has 0 radical (unpaired) electrons. The largest absolute Gasteiger partial charge is 0.493 e. The van der Waals surface area contributed by atoms with Crippen molar-refractivity contribution in [1.29, 1.82) is 0 Å². The number of ether oxygens (including phenoxy) is 1. The van der Waals surface area contributed by atoms with E-state index in [9.17, 15) is 9.59 Å². The minimum absolute atomic E-state index is 0. The summed E-state index contributed by atoms with van der Waals surface area (Å²) in [5.41, 5.74) is 1.86. The average molecular weight is 439 g/mol. The molecule has 1 saturated carbocycles. The first-order valence-corrected chi connectivity index (χ1v) is 11.1. The van der Waals surface area contributed by atoms with Crippen molar-refractivity contribution < 1.29 is 19.4 Å². The zero-order chi connectivity index (χ0) is 20.6. The van der Waals surface area contributed by atoms with E-state index >= 15 is 0 Å². The van der Waals surface area contributed by atoms with Crippen LogP contribution in [0.5, 0.6) is 5.75 Å². The Labute approximate surface area is 185 Å². The second-order valence-electron chi connectivity index (χ2n) is 8.34. The fourth-order valence-corrected chi connectivity index (χ4v) is 4.60. The first-order chi connectivity index (χ1) is 14.1. The first-order valence-electron chi connectivity index (χ1n) is 11.1. The number of carbonyl (C=O) groups is 2. The first kappa shape index (κ1) is 24.5. The zero-order valence-corrected chi connectivity index (χ0v) is 18.6. The Kier molecular flexibility index (Phi) is 9.92. The molecule has 3 N–H and O–H groups in total. The van der Waals surface area contributed by atoms with E-state index in [-0.39, 0.29) is 30.8 Å². The van der Waals surface area contributed by atoms with Crippen LogP contribution in [0.3, 0.4) is 0 Å². The van der Waals surface area contributed by atoms with E-state index in [0.717, 1.165) is 58.0 Å². The predicted molar refractivity (Wildman–Crippen MR) is 120 cm³/mol. The second kappa shape index (κ2) is 12.2. The number of benzene rings is 1. The monoisotopic (exact) mass is 438 g/mol. The van der Waals surface area contributed by atoms with Gasteiger partial charge in [-0.25, -0.2) is 0 Å². The number of aliphatic carboxylic acids is 1. The quantitative estimate of drug-likeness (QED) is 0.568. The van der Waals surface area contributed by atoms with Crippen LogP contribution in [-0.4, -0.2) is 42.7 Å². The van der Waals surface area contributed by atoms with Crippen LogP contribution >= 0.6 is 12.4 Å². The summed E-state index contributed by atoms with van der Waals surface area (Å²) < 4.78 is 5.82. The van der Waals surface area contributed by atoms with Crippen molar-refractivity contribution in [3.8, 4) is 5.75 Å². The molecule has 1 aromatic rings. The van der Waals surface area contributed by atoms with E-state index in [0.29, 0.717) is 29.8 Å². The summed E-state index contributed by atoms with van der Waals surface area (Å²) in [6, 6.07) is 6.20. The van der Waals surface area contributed by atoms with Crippen molar-refractivity contribution >= 4 is 24.3 Å². The lowest BCUT2D eigenvalue weighted by Gasteiger charge is -2.29. The molecule has 1 saturated heterocycles.